The molecule has 0 bridgehead atoms. The van der Waals surface area contributed by atoms with Gasteiger partial charge in [-0.3, -0.25) is 9.78 Å². The minimum atomic E-state index is 0.0945. The molecule has 0 aromatic carbocycles. The van der Waals surface area contributed by atoms with E-state index in [1.807, 2.05) is 13.8 Å². The third-order valence-electron chi connectivity index (χ3n) is 2.08. The predicted molar refractivity (Wildman–Crippen MR) is 58.5 cm³/mol. The Morgan fingerprint density at radius 2 is 2.50 bits per heavy atom. The highest BCUT2D eigenvalue weighted by Gasteiger charge is 2.13. The molecule has 0 amide bonds. The van der Waals surface area contributed by atoms with Crippen molar-refractivity contribution >= 4 is 17.1 Å². The molecule has 0 aliphatic carbocycles. The first-order valence-electron chi connectivity index (χ1n) is 4.84. The number of hydrogen-bond donors (Lipinski definition) is 1. The summed E-state index contributed by atoms with van der Waals surface area (Å²) in [6.07, 6.45) is 2.29. The molecule has 1 N–H and O–H groups in total. The molecular weight excluding hydrogens is 196 g/mol. The van der Waals surface area contributed by atoms with Crippen LogP contribution in [0.25, 0.3) is 0 Å². The number of aromatic nitrogens is 1. The maximum Gasteiger partial charge on any atom is 0.142 e. The zero-order valence-corrected chi connectivity index (χ0v) is 9.43. The fourth-order valence-corrected chi connectivity index (χ4v) is 1.75. The third-order valence-corrected chi connectivity index (χ3v) is 2.86. The second-order valence-electron chi connectivity index (χ2n) is 3.32. The van der Waals surface area contributed by atoms with Crippen LogP contribution in [-0.2, 0) is 11.2 Å². The number of nitrogens with zero attached hydrogens (tertiary/aromatic N) is 1. The van der Waals surface area contributed by atoms with Crippen LogP contribution in [0, 0.1) is 5.92 Å². The second-order valence-corrected chi connectivity index (χ2v) is 4.29. The number of ketones is 1. The number of carbonyl (C=O) groups is 1. The van der Waals surface area contributed by atoms with Gasteiger partial charge in [-0.05, 0) is 6.54 Å². The fourth-order valence-electron chi connectivity index (χ4n) is 1.15. The molecule has 0 fully saturated rings. The molecular formula is C10H16N2OS. The molecule has 1 aromatic rings. The molecule has 3 nitrogen and oxygen atoms in total. The van der Waals surface area contributed by atoms with Crippen LogP contribution in [0.5, 0.6) is 0 Å². The Balaban J connectivity index is 2.34. The van der Waals surface area contributed by atoms with Gasteiger partial charge in [-0.25, -0.2) is 0 Å². The van der Waals surface area contributed by atoms with Crippen molar-refractivity contribution in [1.82, 2.24) is 10.3 Å². The SMILES string of the molecule is CCNCC(C)C(=O)Cc1cncs1. The first kappa shape index (κ1) is 11.3. The van der Waals surface area contributed by atoms with Gasteiger partial charge in [0.25, 0.3) is 0 Å². The van der Waals surface area contributed by atoms with Gasteiger partial charge in [0.2, 0.25) is 0 Å². The van der Waals surface area contributed by atoms with Gasteiger partial charge < -0.3 is 5.32 Å². The maximum atomic E-state index is 11.7. The van der Waals surface area contributed by atoms with Gasteiger partial charge in [0.05, 0.1) is 5.51 Å². The molecule has 1 atom stereocenters. The number of thiazole rings is 1. The Morgan fingerprint density at radius 3 is 3.07 bits per heavy atom. The molecule has 1 aromatic heterocycles. The van der Waals surface area contributed by atoms with Crippen LogP contribution in [0.4, 0.5) is 0 Å². The van der Waals surface area contributed by atoms with E-state index < -0.39 is 0 Å². The van der Waals surface area contributed by atoms with E-state index in [1.165, 1.54) is 0 Å². The Bertz CT molecular complexity index is 272. The number of hydrogen-bond acceptors (Lipinski definition) is 4. The fraction of sp³-hybridized carbons (Fsp3) is 0.600. The number of carbonyl (C=O) groups excluding carboxylic acids is 1. The van der Waals surface area contributed by atoms with Crippen molar-refractivity contribution in [2.75, 3.05) is 13.1 Å². The Labute approximate surface area is 88.6 Å². The summed E-state index contributed by atoms with van der Waals surface area (Å²) in [5.74, 6) is 0.382. The molecule has 78 valence electrons. The van der Waals surface area contributed by atoms with E-state index in [0.717, 1.165) is 18.0 Å². The molecule has 0 saturated carbocycles. The summed E-state index contributed by atoms with van der Waals surface area (Å²) in [7, 11) is 0. The van der Waals surface area contributed by atoms with Gasteiger partial charge in [0, 0.05) is 30.0 Å². The molecule has 1 heterocycles. The first-order valence-corrected chi connectivity index (χ1v) is 5.72. The third kappa shape index (κ3) is 3.55. The van der Waals surface area contributed by atoms with E-state index in [0.29, 0.717) is 6.42 Å². The Morgan fingerprint density at radius 1 is 1.71 bits per heavy atom. The monoisotopic (exact) mass is 212 g/mol. The van der Waals surface area contributed by atoms with Gasteiger partial charge in [-0.2, -0.15) is 0 Å². The normalized spacial score (nSPS) is 12.7. The van der Waals surface area contributed by atoms with Crippen LogP contribution < -0.4 is 5.32 Å². The summed E-state index contributed by atoms with van der Waals surface area (Å²) in [5.41, 5.74) is 1.76. The van der Waals surface area contributed by atoms with Gasteiger partial charge in [0.1, 0.15) is 5.78 Å². The number of rotatable bonds is 6. The lowest BCUT2D eigenvalue weighted by atomic mass is 10.0. The van der Waals surface area contributed by atoms with Gasteiger partial charge in [0.15, 0.2) is 0 Å². The van der Waals surface area contributed by atoms with Crippen molar-refractivity contribution in [2.24, 2.45) is 5.92 Å². The molecule has 1 rings (SSSR count). The smallest absolute Gasteiger partial charge is 0.142 e. The van der Waals surface area contributed by atoms with Crippen LogP contribution in [0.3, 0.4) is 0 Å². The van der Waals surface area contributed by atoms with E-state index >= 15 is 0 Å². The van der Waals surface area contributed by atoms with Crippen LogP contribution in [0.2, 0.25) is 0 Å². The quantitative estimate of drug-likeness (QED) is 0.777. The topological polar surface area (TPSA) is 42.0 Å². The highest BCUT2D eigenvalue weighted by molar-refractivity contribution is 7.09. The zero-order chi connectivity index (χ0) is 10.4. The maximum absolute atomic E-state index is 11.7. The van der Waals surface area contributed by atoms with E-state index in [4.69, 9.17) is 0 Å². The van der Waals surface area contributed by atoms with E-state index in [1.54, 1.807) is 23.0 Å². The van der Waals surface area contributed by atoms with E-state index in [2.05, 4.69) is 10.3 Å². The van der Waals surface area contributed by atoms with Crippen molar-refractivity contribution in [2.45, 2.75) is 20.3 Å². The molecule has 0 aliphatic rings. The minimum absolute atomic E-state index is 0.0945. The lowest BCUT2D eigenvalue weighted by Crippen LogP contribution is -2.27. The average molecular weight is 212 g/mol. The summed E-state index contributed by atoms with van der Waals surface area (Å²) < 4.78 is 0. The lowest BCUT2D eigenvalue weighted by molar-refractivity contribution is -0.121. The van der Waals surface area contributed by atoms with Crippen LogP contribution in [-0.4, -0.2) is 23.9 Å². The van der Waals surface area contributed by atoms with Crippen LogP contribution in [0.1, 0.15) is 18.7 Å². The second kappa shape index (κ2) is 5.88. The lowest BCUT2D eigenvalue weighted by Gasteiger charge is -2.09. The van der Waals surface area contributed by atoms with Crippen molar-refractivity contribution in [1.29, 1.82) is 0 Å². The van der Waals surface area contributed by atoms with Gasteiger partial charge >= 0.3 is 0 Å². The summed E-state index contributed by atoms with van der Waals surface area (Å²) in [6, 6.07) is 0. The van der Waals surface area contributed by atoms with Crippen molar-refractivity contribution in [3.05, 3.63) is 16.6 Å². The molecule has 14 heavy (non-hydrogen) atoms. The molecule has 0 aliphatic heterocycles. The summed E-state index contributed by atoms with van der Waals surface area (Å²) in [4.78, 5) is 16.7. The Hall–Kier alpha value is -0.740. The number of Topliss-reactive ketones (excluding diaryl/α,β-unsaturated/α-hetero) is 1. The average Bonchev–Trinajstić information content (AvgIpc) is 2.66. The molecule has 0 spiro atoms. The Kier molecular flexibility index (Phi) is 4.76. The number of nitrogens with one attached hydrogen (secondary N) is 1. The van der Waals surface area contributed by atoms with Crippen molar-refractivity contribution in [3.63, 3.8) is 0 Å². The molecule has 1 unspecified atom stereocenters. The molecule has 4 heteroatoms. The first-order chi connectivity index (χ1) is 6.74. The van der Waals surface area contributed by atoms with Crippen molar-refractivity contribution in [3.8, 4) is 0 Å². The van der Waals surface area contributed by atoms with Gasteiger partial charge in [-0.15, -0.1) is 11.3 Å². The van der Waals surface area contributed by atoms with Crippen molar-refractivity contribution < 1.29 is 4.79 Å². The van der Waals surface area contributed by atoms with Gasteiger partial charge in [-0.1, -0.05) is 13.8 Å². The summed E-state index contributed by atoms with van der Waals surface area (Å²) in [6.45, 7) is 5.69. The highest BCUT2D eigenvalue weighted by Crippen LogP contribution is 2.09. The summed E-state index contributed by atoms with van der Waals surface area (Å²) >= 11 is 1.54. The zero-order valence-electron chi connectivity index (χ0n) is 8.62. The predicted octanol–water partition coefficient (Wildman–Crippen LogP) is 1.50. The highest BCUT2D eigenvalue weighted by atomic mass is 32.1. The standard InChI is InChI=1S/C10H16N2OS/c1-3-11-5-8(2)10(13)4-9-6-12-7-14-9/h6-8,11H,3-5H2,1-2H3. The molecule has 0 saturated heterocycles. The van der Waals surface area contributed by atoms with Crippen LogP contribution >= 0.6 is 11.3 Å². The van der Waals surface area contributed by atoms with Crippen LogP contribution in [0.15, 0.2) is 11.7 Å². The summed E-state index contributed by atoms with van der Waals surface area (Å²) in [5, 5.41) is 3.18. The minimum Gasteiger partial charge on any atom is -0.316 e. The largest absolute Gasteiger partial charge is 0.316 e. The molecule has 0 radical (unpaired) electrons. The van der Waals surface area contributed by atoms with E-state index in [9.17, 15) is 4.79 Å². The van der Waals surface area contributed by atoms with E-state index in [-0.39, 0.29) is 11.7 Å².